The van der Waals surface area contributed by atoms with Crippen LogP contribution in [-0.2, 0) is 10.0 Å². The van der Waals surface area contributed by atoms with Crippen LogP contribution >= 0.6 is 11.6 Å². The third-order valence-corrected chi connectivity index (χ3v) is 6.73. The van der Waals surface area contributed by atoms with Gasteiger partial charge in [-0.15, -0.1) is 0 Å². The molecule has 35 heavy (non-hydrogen) atoms. The highest BCUT2D eigenvalue weighted by Crippen LogP contribution is 2.29. The van der Waals surface area contributed by atoms with Crippen molar-refractivity contribution in [3.63, 3.8) is 0 Å². The van der Waals surface area contributed by atoms with E-state index in [1.807, 2.05) is 19.9 Å². The second-order valence-corrected chi connectivity index (χ2v) is 9.45. The van der Waals surface area contributed by atoms with Gasteiger partial charge in [-0.2, -0.15) is 5.10 Å². The highest BCUT2D eigenvalue weighted by Gasteiger charge is 2.21. The van der Waals surface area contributed by atoms with Crippen molar-refractivity contribution in [2.75, 3.05) is 28.1 Å². The molecule has 0 atom stereocenters. The van der Waals surface area contributed by atoms with E-state index in [1.54, 1.807) is 12.1 Å². The van der Waals surface area contributed by atoms with Gasteiger partial charge in [-0.1, -0.05) is 11.6 Å². The molecule has 0 bridgehead atoms. The van der Waals surface area contributed by atoms with Crippen LogP contribution in [0.1, 0.15) is 19.4 Å². The number of nitro benzene ring substituents is 1. The number of aromatic hydroxyl groups is 1. The summed E-state index contributed by atoms with van der Waals surface area (Å²) in [5.41, 5.74) is 3.56. The standard InChI is InChI=1S/C23H24ClN5O5S/c1-3-28(4-2)19-10-5-16(23(30)13-19)15-25-26-21-12-11-20(14-22(21)29(31)32)35(33,34)27-18-8-6-17(24)7-9-18/h5-15,26-27,30H,3-4H2,1-2H3. The number of sulfonamides is 1. The molecule has 12 heteroatoms. The Morgan fingerprint density at radius 2 is 1.77 bits per heavy atom. The molecule has 0 aliphatic rings. The molecule has 0 amide bonds. The quantitative estimate of drug-likeness (QED) is 0.194. The molecule has 10 nitrogen and oxygen atoms in total. The van der Waals surface area contributed by atoms with E-state index in [2.05, 4.69) is 20.1 Å². The number of phenols is 1. The zero-order valence-electron chi connectivity index (χ0n) is 19.0. The summed E-state index contributed by atoms with van der Waals surface area (Å²) in [5, 5.41) is 26.3. The van der Waals surface area contributed by atoms with Gasteiger partial charge in [-0.05, 0) is 62.4 Å². The fourth-order valence-electron chi connectivity index (χ4n) is 3.25. The molecular weight excluding hydrogens is 494 g/mol. The minimum atomic E-state index is -4.08. The maximum atomic E-state index is 12.7. The Bertz CT molecular complexity index is 1340. The van der Waals surface area contributed by atoms with Gasteiger partial charge >= 0.3 is 0 Å². The SMILES string of the molecule is CCN(CC)c1ccc(C=NNc2ccc(S(=O)(=O)Nc3ccc(Cl)cc3)cc2[N+](=O)[O-])c(O)c1. The Labute approximate surface area is 208 Å². The van der Waals surface area contributed by atoms with Crippen molar-refractivity contribution in [1.82, 2.24) is 0 Å². The van der Waals surface area contributed by atoms with Crippen LogP contribution in [0, 0.1) is 10.1 Å². The summed E-state index contributed by atoms with van der Waals surface area (Å²) in [7, 11) is -4.08. The Kier molecular flexibility index (Phi) is 8.15. The number of anilines is 3. The first-order chi connectivity index (χ1) is 16.6. The van der Waals surface area contributed by atoms with E-state index in [4.69, 9.17) is 11.6 Å². The van der Waals surface area contributed by atoms with Gasteiger partial charge in [0.05, 0.1) is 16.0 Å². The van der Waals surface area contributed by atoms with Crippen LogP contribution in [-0.4, -0.2) is 37.8 Å². The molecule has 0 spiro atoms. The number of hydrogen-bond donors (Lipinski definition) is 3. The van der Waals surface area contributed by atoms with Gasteiger partial charge in [-0.25, -0.2) is 8.42 Å². The van der Waals surface area contributed by atoms with E-state index < -0.39 is 20.6 Å². The lowest BCUT2D eigenvalue weighted by atomic mass is 10.2. The largest absolute Gasteiger partial charge is 0.507 e. The van der Waals surface area contributed by atoms with E-state index in [9.17, 15) is 23.6 Å². The van der Waals surface area contributed by atoms with Crippen LogP contribution < -0.4 is 15.0 Å². The van der Waals surface area contributed by atoms with Crippen molar-refractivity contribution >= 4 is 50.6 Å². The van der Waals surface area contributed by atoms with Crippen LogP contribution in [0.25, 0.3) is 0 Å². The van der Waals surface area contributed by atoms with E-state index >= 15 is 0 Å². The summed E-state index contributed by atoms with van der Waals surface area (Å²) in [6.45, 7) is 5.60. The monoisotopic (exact) mass is 517 g/mol. The predicted octanol–water partition coefficient (Wildman–Crippen LogP) is 5.05. The lowest BCUT2D eigenvalue weighted by molar-refractivity contribution is -0.384. The van der Waals surface area contributed by atoms with Crippen molar-refractivity contribution in [3.05, 3.63) is 81.4 Å². The fourth-order valence-corrected chi connectivity index (χ4v) is 4.46. The average Bonchev–Trinajstić information content (AvgIpc) is 2.82. The minimum absolute atomic E-state index is 0.00386. The summed E-state index contributed by atoms with van der Waals surface area (Å²) in [5.74, 6) is 0.00386. The highest BCUT2D eigenvalue weighted by atomic mass is 35.5. The number of halogens is 1. The summed E-state index contributed by atoms with van der Waals surface area (Å²) in [6.07, 6.45) is 1.32. The molecule has 3 N–H and O–H groups in total. The van der Waals surface area contributed by atoms with E-state index in [1.165, 1.54) is 42.6 Å². The topological polar surface area (TPSA) is 137 Å². The van der Waals surface area contributed by atoms with Crippen LogP contribution in [0.5, 0.6) is 5.75 Å². The summed E-state index contributed by atoms with van der Waals surface area (Å²) < 4.78 is 27.7. The zero-order valence-corrected chi connectivity index (χ0v) is 20.5. The maximum absolute atomic E-state index is 12.7. The van der Waals surface area contributed by atoms with Gasteiger partial charge in [0.15, 0.2) is 0 Å². The number of hydrazone groups is 1. The minimum Gasteiger partial charge on any atom is -0.507 e. The number of phenolic OH excluding ortho intramolecular Hbond substituents is 1. The third kappa shape index (κ3) is 6.40. The summed E-state index contributed by atoms with van der Waals surface area (Å²) in [4.78, 5) is 12.6. The molecule has 0 saturated carbocycles. The Morgan fingerprint density at radius 3 is 2.37 bits per heavy atom. The number of hydrogen-bond acceptors (Lipinski definition) is 8. The molecule has 0 aliphatic heterocycles. The third-order valence-electron chi connectivity index (χ3n) is 5.10. The van der Waals surface area contributed by atoms with Crippen molar-refractivity contribution < 1.29 is 18.4 Å². The van der Waals surface area contributed by atoms with Crippen molar-refractivity contribution in [2.24, 2.45) is 5.10 Å². The molecule has 0 unspecified atom stereocenters. The van der Waals surface area contributed by atoms with Crippen molar-refractivity contribution in [1.29, 1.82) is 0 Å². The first kappa shape index (κ1) is 25.8. The molecule has 0 fully saturated rings. The van der Waals surface area contributed by atoms with Gasteiger partial charge in [0, 0.05) is 47.2 Å². The van der Waals surface area contributed by atoms with Gasteiger partial charge in [0.1, 0.15) is 11.4 Å². The number of rotatable bonds is 10. The normalized spacial score (nSPS) is 11.4. The highest BCUT2D eigenvalue weighted by molar-refractivity contribution is 7.92. The smallest absolute Gasteiger partial charge is 0.295 e. The number of benzene rings is 3. The van der Waals surface area contributed by atoms with Crippen molar-refractivity contribution in [3.8, 4) is 5.75 Å². The summed E-state index contributed by atoms with van der Waals surface area (Å²) >= 11 is 5.81. The van der Waals surface area contributed by atoms with E-state index in [-0.39, 0.29) is 22.0 Å². The molecule has 3 aromatic carbocycles. The number of nitrogens with one attached hydrogen (secondary N) is 2. The van der Waals surface area contributed by atoms with Crippen LogP contribution in [0.3, 0.4) is 0 Å². The predicted molar refractivity (Wildman–Crippen MR) is 138 cm³/mol. The first-order valence-electron chi connectivity index (χ1n) is 10.6. The van der Waals surface area contributed by atoms with Crippen LogP contribution in [0.2, 0.25) is 5.02 Å². The molecule has 0 aromatic heterocycles. The maximum Gasteiger partial charge on any atom is 0.295 e. The zero-order chi connectivity index (χ0) is 25.6. The molecule has 0 aliphatic carbocycles. The molecule has 0 radical (unpaired) electrons. The molecule has 0 heterocycles. The number of nitrogens with zero attached hydrogens (tertiary/aromatic N) is 3. The molecule has 3 rings (SSSR count). The second-order valence-electron chi connectivity index (χ2n) is 7.33. The molecule has 3 aromatic rings. The molecule has 184 valence electrons. The van der Waals surface area contributed by atoms with E-state index in [0.717, 1.165) is 24.8 Å². The molecule has 0 saturated heterocycles. The van der Waals surface area contributed by atoms with Crippen molar-refractivity contribution in [2.45, 2.75) is 18.7 Å². The van der Waals surface area contributed by atoms with Crippen LogP contribution in [0.15, 0.2) is 70.7 Å². The van der Waals surface area contributed by atoms with Gasteiger partial charge in [0.2, 0.25) is 0 Å². The van der Waals surface area contributed by atoms with E-state index in [0.29, 0.717) is 10.6 Å². The Balaban J connectivity index is 1.80. The number of nitro groups is 1. The lowest BCUT2D eigenvalue weighted by Crippen LogP contribution is -2.21. The lowest BCUT2D eigenvalue weighted by Gasteiger charge is -2.21. The average molecular weight is 518 g/mol. The summed E-state index contributed by atoms with van der Waals surface area (Å²) in [6, 6.07) is 14.5. The van der Waals surface area contributed by atoms with Crippen LogP contribution in [0.4, 0.5) is 22.7 Å². The van der Waals surface area contributed by atoms with Gasteiger partial charge < -0.3 is 10.0 Å². The van der Waals surface area contributed by atoms with Gasteiger partial charge in [-0.3, -0.25) is 20.3 Å². The first-order valence-corrected chi connectivity index (χ1v) is 12.4. The second kappa shape index (κ2) is 11.1. The Hall–Kier alpha value is -3.83. The van der Waals surface area contributed by atoms with Gasteiger partial charge in [0.25, 0.3) is 15.7 Å². The molecular formula is C23H24ClN5O5S. The fraction of sp³-hybridized carbons (Fsp3) is 0.174. The Morgan fingerprint density at radius 1 is 1.09 bits per heavy atom.